The molecule has 3 aromatic rings. The van der Waals surface area contributed by atoms with E-state index in [4.69, 9.17) is 23.6 Å². The monoisotopic (exact) mass is 740 g/mol. The summed E-state index contributed by atoms with van der Waals surface area (Å²) >= 11 is 0. The molecular formula is C38H60N6O7Si. The number of hydrogen-bond acceptors (Lipinski definition) is 9. The second-order valence-electron chi connectivity index (χ2n) is 17.1. The molecule has 4 rings (SSSR count). The van der Waals surface area contributed by atoms with Crippen molar-refractivity contribution < 1.29 is 33.3 Å². The molecule has 2 aromatic heterocycles. The van der Waals surface area contributed by atoms with Gasteiger partial charge < -0.3 is 34.0 Å². The number of anilines is 3. The van der Waals surface area contributed by atoms with Crippen molar-refractivity contribution in [3.8, 4) is 5.75 Å². The van der Waals surface area contributed by atoms with Gasteiger partial charge in [-0.2, -0.15) is 9.61 Å². The van der Waals surface area contributed by atoms with E-state index in [0.29, 0.717) is 73.5 Å². The Hall–Kier alpha value is -3.88. The number of rotatable bonds is 12. The fourth-order valence-electron chi connectivity index (χ4n) is 6.33. The number of methoxy groups -OCH3 is 1. The van der Waals surface area contributed by atoms with Crippen molar-refractivity contribution in [2.24, 2.45) is 5.41 Å². The Morgan fingerprint density at radius 1 is 1.00 bits per heavy atom. The van der Waals surface area contributed by atoms with Gasteiger partial charge in [-0.15, -0.1) is 0 Å². The SMILES string of the molecule is COCCOc1ccc(N(C(=O)OC(C)(C)C)c2c(CCO[Si](C)(C)C(C)(C)C)c(NC3CCCN(C(=O)O)C3C(C)(C)C)nc3ccnn23)cc1. The number of nitrogens with zero attached hydrogens (tertiary/aromatic N) is 5. The third-order valence-corrected chi connectivity index (χ3v) is 14.3. The molecule has 0 saturated carbocycles. The molecule has 0 radical (unpaired) electrons. The lowest BCUT2D eigenvalue weighted by Crippen LogP contribution is -2.58. The van der Waals surface area contributed by atoms with Crippen molar-refractivity contribution in [2.45, 2.75) is 117 Å². The molecule has 288 valence electrons. The molecule has 1 aliphatic heterocycles. The molecule has 2 amide bonds. The summed E-state index contributed by atoms with van der Waals surface area (Å²) in [7, 11) is -0.544. The van der Waals surface area contributed by atoms with E-state index < -0.39 is 26.1 Å². The maximum atomic E-state index is 14.4. The molecule has 1 aliphatic rings. The first kappa shape index (κ1) is 40.9. The lowest BCUT2D eigenvalue weighted by molar-refractivity contribution is 0.0518. The van der Waals surface area contributed by atoms with Crippen LogP contribution in [0.25, 0.3) is 5.65 Å². The Morgan fingerprint density at radius 3 is 2.25 bits per heavy atom. The van der Waals surface area contributed by atoms with E-state index in [1.807, 2.05) is 32.9 Å². The predicted octanol–water partition coefficient (Wildman–Crippen LogP) is 8.36. The minimum absolute atomic E-state index is 0.0148. The van der Waals surface area contributed by atoms with Gasteiger partial charge in [0.2, 0.25) is 0 Å². The van der Waals surface area contributed by atoms with Crippen LogP contribution < -0.4 is 15.0 Å². The molecule has 52 heavy (non-hydrogen) atoms. The van der Waals surface area contributed by atoms with Gasteiger partial charge in [0.05, 0.1) is 24.5 Å². The number of piperidine rings is 1. The molecule has 2 atom stereocenters. The Morgan fingerprint density at radius 2 is 1.67 bits per heavy atom. The molecule has 2 unspecified atom stereocenters. The lowest BCUT2D eigenvalue weighted by Gasteiger charge is -2.47. The predicted molar refractivity (Wildman–Crippen MR) is 207 cm³/mol. The zero-order valence-corrected chi connectivity index (χ0v) is 34.2. The van der Waals surface area contributed by atoms with Crippen LogP contribution in [-0.4, -0.2) is 96.3 Å². The van der Waals surface area contributed by atoms with E-state index in [1.54, 1.807) is 40.9 Å². The molecule has 1 aromatic carbocycles. The molecule has 0 spiro atoms. The average Bonchev–Trinajstić information content (AvgIpc) is 3.49. The molecule has 1 saturated heterocycles. The van der Waals surface area contributed by atoms with Crippen LogP contribution in [0.3, 0.4) is 0 Å². The van der Waals surface area contributed by atoms with Crippen LogP contribution in [0.4, 0.5) is 26.9 Å². The number of ether oxygens (including phenoxy) is 3. The minimum atomic E-state index is -2.16. The van der Waals surface area contributed by atoms with E-state index in [9.17, 15) is 14.7 Å². The lowest BCUT2D eigenvalue weighted by atomic mass is 9.77. The molecule has 14 heteroatoms. The summed E-state index contributed by atoms with van der Waals surface area (Å²) in [6, 6.07) is 8.43. The highest BCUT2D eigenvalue weighted by Crippen LogP contribution is 2.40. The van der Waals surface area contributed by atoms with Gasteiger partial charge >= 0.3 is 12.2 Å². The molecule has 0 aliphatic carbocycles. The van der Waals surface area contributed by atoms with Crippen LogP contribution in [0.1, 0.15) is 80.7 Å². The van der Waals surface area contributed by atoms with E-state index in [-0.39, 0.29) is 22.5 Å². The zero-order valence-electron chi connectivity index (χ0n) is 33.2. The minimum Gasteiger partial charge on any atom is -0.491 e. The molecule has 1 fully saturated rings. The van der Waals surface area contributed by atoms with Crippen molar-refractivity contribution in [3.05, 3.63) is 42.1 Å². The molecule has 13 nitrogen and oxygen atoms in total. The smallest absolute Gasteiger partial charge is 0.420 e. The first-order valence-corrected chi connectivity index (χ1v) is 21.1. The number of carboxylic acid groups (broad SMARTS) is 1. The standard InChI is InChI=1S/C38H60N6O7Si/c1-36(2,3)31-29(14-13-22-42(31)34(45)46)40-32-28(20-23-50-52(11,12)38(7,8)9)33(44-30(41-32)19-21-39-44)43(35(47)51-37(4,5)6)26-15-17-27(18-16-26)49-25-24-48-10/h15-19,21,29,31H,13-14,20,22-25H2,1-12H3,(H,40,41)(H,45,46). The van der Waals surface area contributed by atoms with Gasteiger partial charge in [-0.05, 0) is 81.4 Å². The number of benzene rings is 1. The Labute approximate surface area is 310 Å². The summed E-state index contributed by atoms with van der Waals surface area (Å²) in [5.41, 5.74) is 0.570. The molecule has 2 N–H and O–H groups in total. The summed E-state index contributed by atoms with van der Waals surface area (Å²) in [5, 5.41) is 18.6. The maximum absolute atomic E-state index is 14.4. The van der Waals surface area contributed by atoms with Crippen LogP contribution in [0.15, 0.2) is 36.5 Å². The normalized spacial score (nSPS) is 17.3. The maximum Gasteiger partial charge on any atom is 0.420 e. The highest BCUT2D eigenvalue weighted by atomic mass is 28.4. The average molecular weight is 741 g/mol. The number of amides is 2. The summed E-state index contributed by atoms with van der Waals surface area (Å²) in [6.07, 6.45) is 1.94. The van der Waals surface area contributed by atoms with Crippen LogP contribution >= 0.6 is 0 Å². The van der Waals surface area contributed by atoms with Crippen molar-refractivity contribution in [3.63, 3.8) is 0 Å². The van der Waals surface area contributed by atoms with Crippen LogP contribution in [-0.2, 0) is 20.3 Å². The number of nitrogens with one attached hydrogen (secondary N) is 1. The largest absolute Gasteiger partial charge is 0.491 e. The first-order chi connectivity index (χ1) is 24.1. The van der Waals surface area contributed by atoms with Gasteiger partial charge in [0, 0.05) is 44.4 Å². The van der Waals surface area contributed by atoms with Gasteiger partial charge in [0.15, 0.2) is 19.8 Å². The van der Waals surface area contributed by atoms with Gasteiger partial charge in [-0.3, -0.25) is 0 Å². The first-order valence-electron chi connectivity index (χ1n) is 18.2. The molecular weight excluding hydrogens is 681 g/mol. The van der Waals surface area contributed by atoms with E-state index >= 15 is 0 Å². The molecule has 3 heterocycles. The van der Waals surface area contributed by atoms with Crippen LogP contribution in [0, 0.1) is 5.41 Å². The van der Waals surface area contributed by atoms with Crippen molar-refractivity contribution in [1.29, 1.82) is 0 Å². The summed E-state index contributed by atoms with van der Waals surface area (Å²) in [6.45, 7) is 24.4. The number of likely N-dealkylation sites (tertiary alicyclic amines) is 1. The zero-order chi connectivity index (χ0) is 38.6. The second-order valence-corrected chi connectivity index (χ2v) is 21.9. The summed E-state index contributed by atoms with van der Waals surface area (Å²) in [5.74, 6) is 1.63. The van der Waals surface area contributed by atoms with E-state index in [2.05, 4.69) is 65.1 Å². The van der Waals surface area contributed by atoms with Crippen LogP contribution in [0.5, 0.6) is 5.75 Å². The third-order valence-electron chi connectivity index (χ3n) is 9.75. The van der Waals surface area contributed by atoms with Crippen molar-refractivity contribution in [1.82, 2.24) is 19.5 Å². The number of carbonyl (C=O) groups excluding carboxylic acids is 1. The topological polar surface area (TPSA) is 140 Å². The van der Waals surface area contributed by atoms with Crippen molar-refractivity contribution in [2.75, 3.05) is 43.7 Å². The van der Waals surface area contributed by atoms with E-state index in [0.717, 1.165) is 6.42 Å². The van der Waals surface area contributed by atoms with Crippen LogP contribution in [0.2, 0.25) is 18.1 Å². The quantitative estimate of drug-likeness (QED) is 0.138. The Balaban J connectivity index is 1.94. The fraction of sp³-hybridized carbons (Fsp3) is 0.632. The number of fused-ring (bicyclic) bond motifs is 1. The van der Waals surface area contributed by atoms with E-state index in [1.165, 1.54) is 4.90 Å². The number of hydrogen-bond donors (Lipinski definition) is 2. The number of aromatic nitrogens is 3. The summed E-state index contributed by atoms with van der Waals surface area (Å²) < 4.78 is 25.4. The Bertz CT molecular complexity index is 1670. The highest BCUT2D eigenvalue weighted by Gasteiger charge is 2.43. The summed E-state index contributed by atoms with van der Waals surface area (Å²) in [4.78, 5) is 35.1. The highest BCUT2D eigenvalue weighted by molar-refractivity contribution is 6.74. The van der Waals surface area contributed by atoms with Gasteiger partial charge in [-0.25, -0.2) is 19.5 Å². The van der Waals surface area contributed by atoms with Gasteiger partial charge in [0.1, 0.15) is 23.8 Å². The fourth-order valence-corrected chi connectivity index (χ4v) is 7.37. The number of carbonyl (C=O) groups is 2. The molecule has 0 bridgehead atoms. The van der Waals surface area contributed by atoms with Crippen molar-refractivity contribution >= 4 is 43.5 Å². The van der Waals surface area contributed by atoms with Gasteiger partial charge in [0.25, 0.3) is 0 Å². The van der Waals surface area contributed by atoms with Gasteiger partial charge in [-0.1, -0.05) is 41.5 Å². The Kier molecular flexibility index (Phi) is 12.6. The second kappa shape index (κ2) is 16.0. The third kappa shape index (κ3) is 9.75.